The second kappa shape index (κ2) is 7.08. The third kappa shape index (κ3) is 4.34. The maximum Gasteiger partial charge on any atom is 0.323 e. The lowest BCUT2D eigenvalue weighted by molar-refractivity contribution is 0.262. The lowest BCUT2D eigenvalue weighted by Gasteiger charge is -2.08. The molecule has 21 heavy (non-hydrogen) atoms. The van der Waals surface area contributed by atoms with Crippen LogP contribution in [-0.2, 0) is 0 Å². The Labute approximate surface area is 122 Å². The molecule has 0 bridgehead atoms. The topological polar surface area (TPSA) is 67.1 Å². The summed E-state index contributed by atoms with van der Waals surface area (Å²) in [6.07, 6.45) is 0. The first-order valence-electron chi connectivity index (χ1n) is 6.30. The zero-order valence-electron chi connectivity index (χ0n) is 11.2. The molecular formula is C16H14FN3O. The van der Waals surface area contributed by atoms with E-state index in [1.807, 2.05) is 6.07 Å². The fraction of sp³-hybridized carbons (Fsp3) is 0.0625. The molecule has 4 N–H and O–H groups in total. The summed E-state index contributed by atoms with van der Waals surface area (Å²) in [6, 6.07) is 12.4. The van der Waals surface area contributed by atoms with Gasteiger partial charge in [0.05, 0.1) is 12.2 Å². The van der Waals surface area contributed by atoms with E-state index in [4.69, 9.17) is 5.73 Å². The number of halogens is 1. The van der Waals surface area contributed by atoms with Gasteiger partial charge in [0.2, 0.25) is 0 Å². The van der Waals surface area contributed by atoms with Crippen LogP contribution in [0.1, 0.15) is 5.56 Å². The summed E-state index contributed by atoms with van der Waals surface area (Å²) in [7, 11) is 0. The minimum Gasteiger partial charge on any atom is -0.320 e. The number of para-hydroxylation sites is 1. The molecule has 2 aromatic carbocycles. The van der Waals surface area contributed by atoms with Crippen molar-refractivity contribution in [1.82, 2.24) is 0 Å². The molecular weight excluding hydrogens is 269 g/mol. The Bertz CT molecular complexity index is 704. The van der Waals surface area contributed by atoms with Crippen molar-refractivity contribution in [2.24, 2.45) is 5.73 Å². The highest BCUT2D eigenvalue weighted by Crippen LogP contribution is 2.14. The molecule has 0 radical (unpaired) electrons. The van der Waals surface area contributed by atoms with Gasteiger partial charge in [-0.25, -0.2) is 9.18 Å². The fourth-order valence-corrected chi connectivity index (χ4v) is 1.68. The predicted molar refractivity (Wildman–Crippen MR) is 81.4 cm³/mol. The summed E-state index contributed by atoms with van der Waals surface area (Å²) in [5, 5.41) is 5.06. The van der Waals surface area contributed by atoms with Crippen molar-refractivity contribution in [3.63, 3.8) is 0 Å². The number of rotatable bonds is 2. The van der Waals surface area contributed by atoms with E-state index in [2.05, 4.69) is 22.5 Å². The van der Waals surface area contributed by atoms with Crippen LogP contribution in [0.25, 0.3) is 0 Å². The highest BCUT2D eigenvalue weighted by Gasteiger charge is 2.06. The van der Waals surface area contributed by atoms with Crippen LogP contribution in [0.15, 0.2) is 48.5 Å². The van der Waals surface area contributed by atoms with Crippen molar-refractivity contribution in [3.8, 4) is 11.8 Å². The molecule has 0 heterocycles. The lowest BCUT2D eigenvalue weighted by Crippen LogP contribution is -2.20. The number of hydrogen-bond acceptors (Lipinski definition) is 2. The smallest absolute Gasteiger partial charge is 0.320 e. The van der Waals surface area contributed by atoms with Crippen molar-refractivity contribution in [2.45, 2.75) is 0 Å². The number of carbonyl (C=O) groups is 1. The molecule has 106 valence electrons. The Hall–Kier alpha value is -2.84. The van der Waals surface area contributed by atoms with Crippen molar-refractivity contribution in [1.29, 1.82) is 0 Å². The van der Waals surface area contributed by atoms with E-state index < -0.39 is 11.8 Å². The van der Waals surface area contributed by atoms with Crippen LogP contribution in [-0.4, -0.2) is 12.6 Å². The van der Waals surface area contributed by atoms with E-state index in [9.17, 15) is 9.18 Å². The number of nitrogens with two attached hydrogens (primary N) is 1. The average Bonchev–Trinajstić information content (AvgIpc) is 2.48. The van der Waals surface area contributed by atoms with Gasteiger partial charge in [-0.2, -0.15) is 0 Å². The monoisotopic (exact) mass is 283 g/mol. The maximum absolute atomic E-state index is 13.4. The number of carbonyl (C=O) groups excluding carboxylic acids is 1. The first-order chi connectivity index (χ1) is 10.2. The quantitative estimate of drug-likeness (QED) is 0.742. The highest BCUT2D eigenvalue weighted by atomic mass is 19.1. The largest absolute Gasteiger partial charge is 0.323 e. The van der Waals surface area contributed by atoms with Crippen LogP contribution in [0.5, 0.6) is 0 Å². The Balaban J connectivity index is 2.04. The van der Waals surface area contributed by atoms with Crippen LogP contribution < -0.4 is 16.4 Å². The van der Waals surface area contributed by atoms with Gasteiger partial charge < -0.3 is 16.4 Å². The molecule has 5 heteroatoms. The number of benzene rings is 2. The van der Waals surface area contributed by atoms with E-state index in [0.717, 1.165) is 5.56 Å². The van der Waals surface area contributed by atoms with Gasteiger partial charge in [0.25, 0.3) is 0 Å². The predicted octanol–water partition coefficient (Wildman–Crippen LogP) is 2.78. The van der Waals surface area contributed by atoms with Crippen LogP contribution in [0, 0.1) is 17.7 Å². The molecule has 2 aromatic rings. The standard InChI is InChI=1S/C16H14FN3O/c17-14-8-1-2-9-15(14)20-16(21)19-13-7-3-5-12(11-13)6-4-10-18/h1-3,5,7-9,11H,10,18H2,(H2,19,20,21). The third-order valence-corrected chi connectivity index (χ3v) is 2.58. The van der Waals surface area contributed by atoms with Crippen LogP contribution in [0.3, 0.4) is 0 Å². The van der Waals surface area contributed by atoms with Crippen molar-refractivity contribution in [2.75, 3.05) is 17.2 Å². The Morgan fingerprint density at radius 2 is 1.95 bits per heavy atom. The molecule has 0 atom stereocenters. The highest BCUT2D eigenvalue weighted by molar-refractivity contribution is 5.99. The van der Waals surface area contributed by atoms with E-state index in [1.165, 1.54) is 12.1 Å². The molecule has 4 nitrogen and oxygen atoms in total. The second-order valence-electron chi connectivity index (χ2n) is 4.15. The van der Waals surface area contributed by atoms with Crippen molar-refractivity contribution >= 4 is 17.4 Å². The Morgan fingerprint density at radius 1 is 1.14 bits per heavy atom. The molecule has 0 fully saturated rings. The van der Waals surface area contributed by atoms with Gasteiger partial charge in [-0.1, -0.05) is 30.0 Å². The molecule has 2 amide bonds. The summed E-state index contributed by atoms with van der Waals surface area (Å²) >= 11 is 0. The number of hydrogen-bond donors (Lipinski definition) is 3. The first kappa shape index (κ1) is 14.6. The van der Waals surface area contributed by atoms with Gasteiger partial charge in [-0.05, 0) is 30.3 Å². The first-order valence-corrected chi connectivity index (χ1v) is 6.30. The number of amides is 2. The molecule has 0 aromatic heterocycles. The third-order valence-electron chi connectivity index (χ3n) is 2.58. The molecule has 0 aliphatic rings. The van der Waals surface area contributed by atoms with Gasteiger partial charge in [-0.15, -0.1) is 0 Å². The zero-order chi connectivity index (χ0) is 15.1. The van der Waals surface area contributed by atoms with Gasteiger partial charge in [-0.3, -0.25) is 0 Å². The van der Waals surface area contributed by atoms with E-state index in [1.54, 1.807) is 30.3 Å². The van der Waals surface area contributed by atoms with Crippen molar-refractivity contribution in [3.05, 3.63) is 59.9 Å². The van der Waals surface area contributed by atoms with Gasteiger partial charge in [0.15, 0.2) is 0 Å². The molecule has 0 aliphatic heterocycles. The lowest BCUT2D eigenvalue weighted by atomic mass is 10.2. The van der Waals surface area contributed by atoms with Gasteiger partial charge in [0, 0.05) is 11.3 Å². The van der Waals surface area contributed by atoms with Crippen LogP contribution >= 0.6 is 0 Å². The number of nitrogens with one attached hydrogen (secondary N) is 2. The van der Waals surface area contributed by atoms with Gasteiger partial charge in [0.1, 0.15) is 5.82 Å². The molecule has 2 rings (SSSR count). The summed E-state index contributed by atoms with van der Waals surface area (Å²) in [5.74, 6) is 5.11. The van der Waals surface area contributed by atoms with Crippen LogP contribution in [0.2, 0.25) is 0 Å². The Kier molecular flexibility index (Phi) is 4.91. The molecule has 0 saturated heterocycles. The van der Waals surface area contributed by atoms with Gasteiger partial charge >= 0.3 is 6.03 Å². The molecule has 0 spiro atoms. The SMILES string of the molecule is NCC#Cc1cccc(NC(=O)Nc2ccccc2F)c1. The van der Waals surface area contributed by atoms with Crippen LogP contribution in [0.4, 0.5) is 20.6 Å². The summed E-state index contributed by atoms with van der Waals surface area (Å²) in [6.45, 7) is 0.269. The number of anilines is 2. The van der Waals surface area contributed by atoms with E-state index in [-0.39, 0.29) is 12.2 Å². The summed E-state index contributed by atoms with van der Waals surface area (Å²) in [4.78, 5) is 11.8. The van der Waals surface area contributed by atoms with Crippen molar-refractivity contribution < 1.29 is 9.18 Å². The minimum atomic E-state index is -0.524. The summed E-state index contributed by atoms with van der Waals surface area (Å²) < 4.78 is 13.4. The molecule has 0 unspecified atom stereocenters. The number of urea groups is 1. The summed E-state index contributed by atoms with van der Waals surface area (Å²) in [5.41, 5.74) is 6.73. The fourth-order valence-electron chi connectivity index (χ4n) is 1.68. The normalized spacial score (nSPS) is 9.43. The van der Waals surface area contributed by atoms with E-state index in [0.29, 0.717) is 5.69 Å². The average molecular weight is 283 g/mol. The zero-order valence-corrected chi connectivity index (χ0v) is 11.2. The maximum atomic E-state index is 13.4. The second-order valence-corrected chi connectivity index (χ2v) is 4.15. The van der Waals surface area contributed by atoms with E-state index >= 15 is 0 Å². The molecule has 0 saturated carbocycles. The molecule has 0 aliphatic carbocycles. The Morgan fingerprint density at radius 3 is 2.71 bits per heavy atom. The minimum absolute atomic E-state index is 0.120.